The van der Waals surface area contributed by atoms with Crippen LogP contribution in [-0.2, 0) is 6.18 Å². The van der Waals surface area contributed by atoms with Crippen molar-refractivity contribution >= 4 is 5.95 Å². The third-order valence-electron chi connectivity index (χ3n) is 2.24. The molecule has 0 radical (unpaired) electrons. The van der Waals surface area contributed by atoms with E-state index in [4.69, 9.17) is 4.74 Å². The van der Waals surface area contributed by atoms with Crippen molar-refractivity contribution in [3.05, 3.63) is 42.1 Å². The number of halogens is 3. The largest absolute Gasteiger partial charge is 0.438 e. The van der Waals surface area contributed by atoms with Crippen molar-refractivity contribution < 1.29 is 17.9 Å². The Labute approximate surface area is 107 Å². The highest BCUT2D eigenvalue weighted by Crippen LogP contribution is 2.36. The highest BCUT2D eigenvalue weighted by atomic mass is 19.4. The summed E-state index contributed by atoms with van der Waals surface area (Å²) in [6.45, 7) is 0. The molecule has 0 amide bonds. The van der Waals surface area contributed by atoms with Gasteiger partial charge in [0.25, 0.3) is 0 Å². The topological polar surface area (TPSA) is 47.0 Å². The Morgan fingerprint density at radius 2 is 1.84 bits per heavy atom. The van der Waals surface area contributed by atoms with Crippen molar-refractivity contribution in [2.24, 2.45) is 0 Å². The Kier molecular flexibility index (Phi) is 3.55. The molecule has 0 unspecified atom stereocenters. The Hall–Kier alpha value is -2.31. The molecule has 100 valence electrons. The molecule has 1 aromatic heterocycles. The molecule has 0 spiro atoms. The quantitative estimate of drug-likeness (QED) is 0.928. The first-order valence-corrected chi connectivity index (χ1v) is 5.35. The second kappa shape index (κ2) is 5.13. The zero-order valence-corrected chi connectivity index (χ0v) is 9.90. The molecule has 4 nitrogen and oxygen atoms in total. The summed E-state index contributed by atoms with van der Waals surface area (Å²) >= 11 is 0. The Bertz CT molecular complexity index is 558. The monoisotopic (exact) mass is 269 g/mol. The van der Waals surface area contributed by atoms with Crippen molar-refractivity contribution in [3.8, 4) is 11.6 Å². The van der Waals surface area contributed by atoms with E-state index in [-0.39, 0.29) is 11.7 Å². The van der Waals surface area contributed by atoms with E-state index in [1.165, 1.54) is 7.05 Å². The lowest BCUT2D eigenvalue weighted by Crippen LogP contribution is -2.10. The Morgan fingerprint density at radius 3 is 2.42 bits per heavy atom. The predicted molar refractivity (Wildman–Crippen MR) is 63.1 cm³/mol. The molecule has 2 aromatic rings. The van der Waals surface area contributed by atoms with Gasteiger partial charge >= 0.3 is 6.18 Å². The first kappa shape index (κ1) is 13.1. The van der Waals surface area contributed by atoms with Crippen molar-refractivity contribution in [1.29, 1.82) is 0 Å². The number of alkyl halides is 3. The van der Waals surface area contributed by atoms with Crippen LogP contribution in [0.25, 0.3) is 0 Å². The molecule has 2 rings (SSSR count). The summed E-state index contributed by atoms with van der Waals surface area (Å²) in [5, 5.41) is 2.56. The molecule has 7 heteroatoms. The number of rotatable bonds is 3. The van der Waals surface area contributed by atoms with Crippen LogP contribution in [0.5, 0.6) is 11.6 Å². The van der Waals surface area contributed by atoms with Gasteiger partial charge in [-0.05, 0) is 12.1 Å². The molecule has 19 heavy (non-hydrogen) atoms. The molecular formula is C12H10F3N3O. The number of benzene rings is 1. The molecule has 0 bridgehead atoms. The molecule has 1 aromatic carbocycles. The average Bonchev–Trinajstić information content (AvgIpc) is 2.38. The first-order valence-electron chi connectivity index (χ1n) is 5.35. The molecule has 0 aliphatic carbocycles. The molecule has 0 saturated carbocycles. The van der Waals surface area contributed by atoms with Crippen molar-refractivity contribution in [1.82, 2.24) is 9.97 Å². The molecule has 1 N–H and O–H groups in total. The second-order valence-electron chi connectivity index (χ2n) is 3.58. The van der Waals surface area contributed by atoms with Crippen LogP contribution in [0, 0.1) is 0 Å². The molecule has 0 atom stereocenters. The number of nitrogens with one attached hydrogen (secondary N) is 1. The van der Waals surface area contributed by atoms with E-state index >= 15 is 0 Å². The fourth-order valence-corrected chi connectivity index (χ4v) is 1.36. The summed E-state index contributed by atoms with van der Waals surface area (Å²) in [5.41, 5.74) is -1.02. The molecular weight excluding hydrogens is 259 g/mol. The fraction of sp³-hybridized carbons (Fsp3) is 0.167. The summed E-state index contributed by atoms with van der Waals surface area (Å²) in [6, 6.07) is 8.13. The Morgan fingerprint density at radius 1 is 1.16 bits per heavy atom. The van der Waals surface area contributed by atoms with Crippen LogP contribution in [0.1, 0.15) is 5.56 Å². The van der Waals surface area contributed by atoms with Crippen LogP contribution < -0.4 is 10.1 Å². The fourth-order valence-electron chi connectivity index (χ4n) is 1.36. The van der Waals surface area contributed by atoms with Gasteiger partial charge in [0, 0.05) is 13.2 Å². The maximum absolute atomic E-state index is 12.8. The van der Waals surface area contributed by atoms with Gasteiger partial charge in [-0.3, -0.25) is 0 Å². The summed E-state index contributed by atoms with van der Waals surface area (Å²) < 4.78 is 43.6. The maximum Gasteiger partial charge on any atom is 0.423 e. The van der Waals surface area contributed by atoms with Crippen LogP contribution in [0.4, 0.5) is 19.1 Å². The summed E-state index contributed by atoms with van der Waals surface area (Å²) in [6.07, 6.45) is -3.88. The van der Waals surface area contributed by atoms with Crippen LogP contribution >= 0.6 is 0 Å². The predicted octanol–water partition coefficient (Wildman–Crippen LogP) is 3.33. The number of ether oxygens (including phenoxy) is 1. The normalized spacial score (nSPS) is 11.2. The van der Waals surface area contributed by atoms with E-state index in [1.54, 1.807) is 30.3 Å². The summed E-state index contributed by atoms with van der Waals surface area (Å²) in [7, 11) is 1.51. The number of anilines is 1. The third kappa shape index (κ3) is 3.12. The summed E-state index contributed by atoms with van der Waals surface area (Å²) in [5.74, 6) is -0.203. The number of hydrogen-bond acceptors (Lipinski definition) is 4. The van der Waals surface area contributed by atoms with Crippen molar-refractivity contribution in [2.75, 3.05) is 12.4 Å². The van der Waals surface area contributed by atoms with E-state index in [2.05, 4.69) is 15.3 Å². The van der Waals surface area contributed by atoms with Gasteiger partial charge in [-0.25, -0.2) is 4.98 Å². The minimum Gasteiger partial charge on any atom is -0.438 e. The van der Waals surface area contributed by atoms with Crippen LogP contribution in [-0.4, -0.2) is 17.0 Å². The molecule has 0 aliphatic heterocycles. The Balaban J connectivity index is 2.41. The van der Waals surface area contributed by atoms with E-state index in [0.717, 1.165) is 0 Å². The third-order valence-corrected chi connectivity index (χ3v) is 2.24. The number of hydrogen-bond donors (Lipinski definition) is 1. The van der Waals surface area contributed by atoms with Crippen molar-refractivity contribution in [3.63, 3.8) is 0 Å². The van der Waals surface area contributed by atoms with Gasteiger partial charge < -0.3 is 10.1 Å². The molecule has 1 heterocycles. The van der Waals surface area contributed by atoms with E-state index in [1.807, 2.05) is 0 Å². The maximum atomic E-state index is 12.8. The van der Waals surface area contributed by atoms with E-state index < -0.39 is 17.6 Å². The van der Waals surface area contributed by atoms with Gasteiger partial charge in [0.2, 0.25) is 11.8 Å². The lowest BCUT2D eigenvalue weighted by molar-refractivity contribution is -0.139. The molecule has 0 saturated heterocycles. The molecule has 0 fully saturated rings. The van der Waals surface area contributed by atoms with Gasteiger partial charge in [-0.1, -0.05) is 18.2 Å². The molecule has 0 aliphatic rings. The van der Waals surface area contributed by atoms with Gasteiger partial charge in [-0.15, -0.1) is 0 Å². The second-order valence-corrected chi connectivity index (χ2v) is 3.58. The van der Waals surface area contributed by atoms with Crippen LogP contribution in [0.3, 0.4) is 0 Å². The first-order chi connectivity index (χ1) is 9.00. The van der Waals surface area contributed by atoms with Crippen LogP contribution in [0.2, 0.25) is 0 Å². The number of para-hydroxylation sites is 1. The van der Waals surface area contributed by atoms with Gasteiger partial charge in [0.1, 0.15) is 11.3 Å². The van der Waals surface area contributed by atoms with E-state index in [9.17, 15) is 13.2 Å². The zero-order valence-electron chi connectivity index (χ0n) is 9.90. The summed E-state index contributed by atoms with van der Waals surface area (Å²) in [4.78, 5) is 7.23. The average molecular weight is 269 g/mol. The van der Waals surface area contributed by atoms with Gasteiger partial charge in [-0.2, -0.15) is 18.2 Å². The van der Waals surface area contributed by atoms with Crippen molar-refractivity contribution in [2.45, 2.75) is 6.18 Å². The SMILES string of the molecule is CNc1ncc(C(F)(F)F)c(Oc2ccccc2)n1. The number of nitrogens with zero attached hydrogens (tertiary/aromatic N) is 2. The highest BCUT2D eigenvalue weighted by Gasteiger charge is 2.36. The van der Waals surface area contributed by atoms with Crippen LogP contribution in [0.15, 0.2) is 36.5 Å². The van der Waals surface area contributed by atoms with E-state index in [0.29, 0.717) is 6.20 Å². The minimum atomic E-state index is -4.57. The highest BCUT2D eigenvalue weighted by molar-refractivity contribution is 5.37. The lowest BCUT2D eigenvalue weighted by Gasteiger charge is -2.13. The lowest BCUT2D eigenvalue weighted by atomic mass is 10.3. The number of aromatic nitrogens is 2. The van der Waals surface area contributed by atoms with Gasteiger partial charge in [0.05, 0.1) is 0 Å². The standard InChI is InChI=1S/C12H10F3N3O/c1-16-11-17-7-9(12(13,14)15)10(18-11)19-8-5-3-2-4-6-8/h2-7H,1H3,(H,16,17,18). The van der Waals surface area contributed by atoms with Gasteiger partial charge in [0.15, 0.2) is 0 Å². The minimum absolute atomic E-state index is 0.0546. The smallest absolute Gasteiger partial charge is 0.423 e. The zero-order chi connectivity index (χ0) is 13.9.